The molecular formula is C52H78O6. The van der Waals surface area contributed by atoms with Gasteiger partial charge in [0.15, 0.2) is 0 Å². The highest BCUT2D eigenvalue weighted by molar-refractivity contribution is 5.81. The molecule has 4 aliphatic carbocycles. The second kappa shape index (κ2) is 24.4. The van der Waals surface area contributed by atoms with Crippen LogP contribution >= 0.6 is 0 Å². The van der Waals surface area contributed by atoms with E-state index >= 15 is 0 Å². The van der Waals surface area contributed by atoms with Gasteiger partial charge < -0.3 is 18.9 Å². The highest BCUT2D eigenvalue weighted by Gasteiger charge is 2.41. The summed E-state index contributed by atoms with van der Waals surface area (Å²) in [6.45, 7) is 13.7. The summed E-state index contributed by atoms with van der Waals surface area (Å²) in [4.78, 5) is 23.0. The number of esters is 2. The van der Waals surface area contributed by atoms with E-state index in [4.69, 9.17) is 18.9 Å². The highest BCUT2D eigenvalue weighted by Crippen LogP contribution is 2.48. The first kappa shape index (κ1) is 46.2. The van der Waals surface area contributed by atoms with Crippen LogP contribution in [0.25, 0.3) is 0 Å². The van der Waals surface area contributed by atoms with E-state index in [-0.39, 0.29) is 17.5 Å². The topological polar surface area (TPSA) is 71.1 Å². The first-order valence-electron chi connectivity index (χ1n) is 23.8. The van der Waals surface area contributed by atoms with Gasteiger partial charge in [0, 0.05) is 30.9 Å². The fourth-order valence-electron chi connectivity index (χ4n) is 11.1. The summed E-state index contributed by atoms with van der Waals surface area (Å²) in [7, 11) is 0. The number of carbonyl (C=O) groups is 2. The van der Waals surface area contributed by atoms with Gasteiger partial charge in [0.25, 0.3) is 0 Å². The van der Waals surface area contributed by atoms with E-state index in [2.05, 4.69) is 63.1 Å². The zero-order valence-electron chi connectivity index (χ0n) is 36.6. The molecule has 5 rings (SSSR count). The average Bonchev–Trinajstić information content (AvgIpc) is 3.26. The van der Waals surface area contributed by atoms with E-state index in [1.165, 1.54) is 120 Å². The maximum absolute atomic E-state index is 11.5. The van der Waals surface area contributed by atoms with Gasteiger partial charge in [-0.05, 0) is 156 Å². The van der Waals surface area contributed by atoms with Gasteiger partial charge in [0.2, 0.25) is 0 Å². The summed E-state index contributed by atoms with van der Waals surface area (Å²) in [5, 5.41) is 0. The molecule has 0 bridgehead atoms. The van der Waals surface area contributed by atoms with Crippen molar-refractivity contribution in [3.8, 4) is 11.8 Å². The SMILES string of the molecule is C=CC(=O)OCCCCOC1(C#Cc2ccc(C3(OCCCCOC(=O)C=C)CCC(C4CCC(CCC)CC4)CC3)cc2)CCC(C2CCC(CCC)CC2)CC1. The van der Waals surface area contributed by atoms with Crippen LogP contribution in [0, 0.1) is 47.3 Å². The number of hydrogen-bond acceptors (Lipinski definition) is 6. The molecule has 0 radical (unpaired) electrons. The van der Waals surface area contributed by atoms with Crippen molar-refractivity contribution in [1.82, 2.24) is 0 Å². The third kappa shape index (κ3) is 14.1. The number of unbranched alkanes of at least 4 members (excludes halogenated alkanes) is 2. The van der Waals surface area contributed by atoms with Crippen molar-refractivity contribution in [3.05, 3.63) is 60.7 Å². The van der Waals surface area contributed by atoms with Gasteiger partial charge in [0.05, 0.1) is 18.8 Å². The lowest BCUT2D eigenvalue weighted by molar-refractivity contribution is -0.139. The van der Waals surface area contributed by atoms with Crippen LogP contribution in [0.3, 0.4) is 0 Å². The minimum Gasteiger partial charge on any atom is -0.463 e. The zero-order valence-corrected chi connectivity index (χ0v) is 36.6. The third-order valence-electron chi connectivity index (χ3n) is 14.7. The summed E-state index contributed by atoms with van der Waals surface area (Å²) in [5.74, 6) is 11.7. The fourth-order valence-corrected chi connectivity index (χ4v) is 11.1. The van der Waals surface area contributed by atoms with Gasteiger partial charge in [0.1, 0.15) is 5.60 Å². The number of benzene rings is 1. The van der Waals surface area contributed by atoms with Crippen molar-refractivity contribution < 1.29 is 28.5 Å². The number of ether oxygens (including phenoxy) is 4. The van der Waals surface area contributed by atoms with Crippen molar-refractivity contribution in [2.45, 2.75) is 179 Å². The maximum Gasteiger partial charge on any atom is 0.330 e. The molecule has 0 aliphatic heterocycles. The number of carbonyl (C=O) groups excluding carboxylic acids is 2. The first-order valence-corrected chi connectivity index (χ1v) is 23.8. The van der Waals surface area contributed by atoms with Crippen LogP contribution in [-0.4, -0.2) is 44.0 Å². The molecule has 6 heteroatoms. The van der Waals surface area contributed by atoms with E-state index in [0.717, 1.165) is 92.4 Å². The average molecular weight is 799 g/mol. The predicted octanol–water partition coefficient (Wildman–Crippen LogP) is 12.6. The Morgan fingerprint density at radius 3 is 1.50 bits per heavy atom. The molecule has 0 spiro atoms. The lowest BCUT2D eigenvalue weighted by Crippen LogP contribution is -2.38. The van der Waals surface area contributed by atoms with Crippen molar-refractivity contribution in [3.63, 3.8) is 0 Å². The molecule has 0 heterocycles. The van der Waals surface area contributed by atoms with Crippen LogP contribution in [0.2, 0.25) is 0 Å². The maximum atomic E-state index is 11.5. The Morgan fingerprint density at radius 2 is 1.03 bits per heavy atom. The minimum absolute atomic E-state index is 0.294. The Bertz CT molecular complexity index is 1440. The standard InChI is InChI=1S/C52H78O6/c1-5-13-41-15-21-44(22-16-41)46-28-33-51(34-29-46,57-39-11-9-37-55-49(53)7-3)32-27-43-19-25-48(26-20-43)52(58-40-12-10-38-56-50(54)8-4)35-30-47(31-36-52)45-23-17-42(14-6-2)18-24-45/h7-8,19-20,25-26,41-42,44-47H,3-6,9-18,21-24,28-31,33-40H2,1-2H3. The molecule has 322 valence electrons. The first-order chi connectivity index (χ1) is 28.3. The van der Waals surface area contributed by atoms with Crippen molar-refractivity contribution in [2.75, 3.05) is 26.4 Å². The molecule has 0 unspecified atom stereocenters. The van der Waals surface area contributed by atoms with Gasteiger partial charge in [-0.3, -0.25) is 0 Å². The lowest BCUT2D eigenvalue weighted by Gasteiger charge is -2.44. The smallest absolute Gasteiger partial charge is 0.330 e. The monoisotopic (exact) mass is 799 g/mol. The summed E-state index contributed by atoms with van der Waals surface area (Å²) in [6, 6.07) is 8.95. The van der Waals surface area contributed by atoms with Crippen molar-refractivity contribution >= 4 is 11.9 Å². The number of hydrogen-bond donors (Lipinski definition) is 0. The Hall–Kier alpha value is -2.88. The van der Waals surface area contributed by atoms with Crippen LogP contribution in [0.5, 0.6) is 0 Å². The molecule has 0 saturated heterocycles. The molecule has 4 fully saturated rings. The molecule has 0 amide bonds. The van der Waals surface area contributed by atoms with Crippen LogP contribution in [0.4, 0.5) is 0 Å². The Balaban J connectivity index is 1.23. The summed E-state index contributed by atoms with van der Waals surface area (Å²) < 4.78 is 24.1. The van der Waals surface area contributed by atoms with Gasteiger partial charge in [-0.25, -0.2) is 9.59 Å². The number of rotatable bonds is 21. The van der Waals surface area contributed by atoms with E-state index in [9.17, 15) is 9.59 Å². The van der Waals surface area contributed by atoms with Crippen LogP contribution in [-0.2, 0) is 34.1 Å². The summed E-state index contributed by atoms with van der Waals surface area (Å²) in [6.07, 6.45) is 31.2. The molecule has 0 atom stereocenters. The predicted molar refractivity (Wildman–Crippen MR) is 235 cm³/mol. The van der Waals surface area contributed by atoms with Gasteiger partial charge in [-0.15, -0.1) is 0 Å². The molecule has 58 heavy (non-hydrogen) atoms. The zero-order chi connectivity index (χ0) is 41.1. The van der Waals surface area contributed by atoms with Crippen LogP contribution in [0.15, 0.2) is 49.6 Å². The van der Waals surface area contributed by atoms with E-state index < -0.39 is 5.60 Å². The summed E-state index contributed by atoms with van der Waals surface area (Å²) in [5.41, 5.74) is 1.55. The Labute approximate surface area is 353 Å². The van der Waals surface area contributed by atoms with Gasteiger partial charge in [-0.1, -0.05) is 102 Å². The molecule has 6 nitrogen and oxygen atoms in total. The molecule has 0 aromatic heterocycles. The second-order valence-electron chi connectivity index (χ2n) is 18.5. The van der Waals surface area contributed by atoms with Gasteiger partial charge in [-0.2, -0.15) is 0 Å². The largest absolute Gasteiger partial charge is 0.463 e. The Morgan fingerprint density at radius 1 is 0.603 bits per heavy atom. The van der Waals surface area contributed by atoms with E-state index in [0.29, 0.717) is 26.4 Å². The van der Waals surface area contributed by atoms with Crippen LogP contribution in [0.1, 0.15) is 179 Å². The van der Waals surface area contributed by atoms with Crippen molar-refractivity contribution in [1.29, 1.82) is 0 Å². The molecule has 4 aliphatic rings. The molecule has 1 aromatic rings. The van der Waals surface area contributed by atoms with E-state index in [1.54, 1.807) is 0 Å². The molecule has 4 saturated carbocycles. The lowest BCUT2D eigenvalue weighted by atomic mass is 9.66. The third-order valence-corrected chi connectivity index (χ3v) is 14.7. The van der Waals surface area contributed by atoms with Crippen LogP contribution < -0.4 is 0 Å². The molecular weight excluding hydrogens is 721 g/mol. The molecule has 0 N–H and O–H groups in total. The second-order valence-corrected chi connectivity index (χ2v) is 18.5. The Kier molecular flexibility index (Phi) is 19.4. The minimum atomic E-state index is -0.440. The van der Waals surface area contributed by atoms with Gasteiger partial charge >= 0.3 is 11.9 Å². The molecule has 1 aromatic carbocycles. The van der Waals surface area contributed by atoms with E-state index in [1.807, 2.05) is 0 Å². The highest BCUT2D eigenvalue weighted by atomic mass is 16.5. The normalized spacial score (nSPS) is 30.0. The summed E-state index contributed by atoms with van der Waals surface area (Å²) >= 11 is 0. The fraction of sp³-hybridized carbons (Fsp3) is 0.731. The quantitative estimate of drug-likeness (QED) is 0.0534. The van der Waals surface area contributed by atoms with Crippen molar-refractivity contribution in [2.24, 2.45) is 35.5 Å².